The van der Waals surface area contributed by atoms with Crippen molar-refractivity contribution in [1.82, 2.24) is 4.57 Å². The Balaban J connectivity index is 1.61. The van der Waals surface area contributed by atoms with E-state index in [1.165, 1.54) is 10.6 Å². The van der Waals surface area contributed by atoms with E-state index in [1.54, 1.807) is 54.6 Å². The average molecular weight is 506 g/mol. The van der Waals surface area contributed by atoms with Gasteiger partial charge in [0.2, 0.25) is 0 Å². The Morgan fingerprint density at radius 1 is 0.789 bits per heavy atom. The largest absolute Gasteiger partial charge is 0.477 e. The monoisotopic (exact) mass is 505 g/mol. The molecule has 38 heavy (non-hydrogen) atoms. The second kappa shape index (κ2) is 9.55. The number of amidine groups is 2. The second-order valence-corrected chi connectivity index (χ2v) is 8.83. The van der Waals surface area contributed by atoms with Gasteiger partial charge in [0, 0.05) is 17.2 Å². The first-order valence-electron chi connectivity index (χ1n) is 11.6. The molecule has 188 valence electrons. The number of aromatic carboxylic acids is 1. The molecule has 1 aromatic heterocycles. The number of benzene rings is 4. The van der Waals surface area contributed by atoms with Crippen molar-refractivity contribution in [2.75, 3.05) is 0 Å². The molecule has 0 unspecified atom stereocenters. The van der Waals surface area contributed by atoms with Gasteiger partial charge in [-0.15, -0.1) is 0 Å². The molecule has 0 aliphatic heterocycles. The number of carbonyl (C=O) groups is 1. The first kappa shape index (κ1) is 24.3. The van der Waals surface area contributed by atoms with Crippen LogP contribution in [0.1, 0.15) is 27.0 Å². The number of nitrogens with two attached hydrogens (primary N) is 2. The lowest BCUT2D eigenvalue weighted by atomic mass is 10.0. The lowest BCUT2D eigenvalue weighted by molar-refractivity contribution is 0.0694. The molecular weight excluding hydrogens is 482 g/mol. The number of hydrogen-bond acceptors (Lipinski definition) is 5. The molecule has 5 aromatic rings. The van der Waals surface area contributed by atoms with Crippen LogP contribution in [0.2, 0.25) is 0 Å². The van der Waals surface area contributed by atoms with Gasteiger partial charge in [-0.1, -0.05) is 36.4 Å². The van der Waals surface area contributed by atoms with Gasteiger partial charge < -0.3 is 25.9 Å². The van der Waals surface area contributed by atoms with Crippen molar-refractivity contribution in [3.05, 3.63) is 118 Å². The first-order chi connectivity index (χ1) is 18.2. The molecule has 0 aliphatic rings. The van der Waals surface area contributed by atoms with Crippen molar-refractivity contribution in [1.29, 1.82) is 10.8 Å². The molecule has 0 atom stereocenters. The van der Waals surface area contributed by atoms with E-state index in [2.05, 4.69) is 0 Å². The van der Waals surface area contributed by atoms with Gasteiger partial charge in [0.05, 0.1) is 12.1 Å². The predicted octanol–water partition coefficient (Wildman–Crippen LogP) is 4.26. The average Bonchev–Trinajstić information content (AvgIpc) is 2.89. The number of pyridine rings is 1. The quantitative estimate of drug-likeness (QED) is 0.163. The number of rotatable bonds is 7. The number of ether oxygens (including phenoxy) is 1. The van der Waals surface area contributed by atoms with Crippen molar-refractivity contribution in [3.8, 4) is 11.5 Å². The molecule has 5 rings (SSSR count). The van der Waals surface area contributed by atoms with Crippen LogP contribution in [0.5, 0.6) is 11.5 Å². The van der Waals surface area contributed by atoms with Gasteiger partial charge in [-0.3, -0.25) is 15.6 Å². The summed E-state index contributed by atoms with van der Waals surface area (Å²) in [6, 6.07) is 24.3. The van der Waals surface area contributed by atoms with Gasteiger partial charge >= 0.3 is 5.97 Å². The molecule has 9 heteroatoms. The molecule has 7 N–H and O–H groups in total. The van der Waals surface area contributed by atoms with E-state index in [-0.39, 0.29) is 23.8 Å². The molecular formula is C29H23N5O4. The van der Waals surface area contributed by atoms with Crippen LogP contribution < -0.4 is 21.8 Å². The predicted molar refractivity (Wildman–Crippen MR) is 147 cm³/mol. The fourth-order valence-corrected chi connectivity index (χ4v) is 4.33. The lowest BCUT2D eigenvalue weighted by Gasteiger charge is -2.14. The Hall–Kier alpha value is -5.44. The zero-order chi connectivity index (χ0) is 27.0. The van der Waals surface area contributed by atoms with Crippen LogP contribution in [0, 0.1) is 10.8 Å². The third-order valence-electron chi connectivity index (χ3n) is 6.24. The smallest absolute Gasteiger partial charge is 0.341 e. The minimum atomic E-state index is -1.31. The van der Waals surface area contributed by atoms with Crippen LogP contribution in [0.4, 0.5) is 0 Å². The lowest BCUT2D eigenvalue weighted by Crippen LogP contribution is -2.27. The highest BCUT2D eigenvalue weighted by Crippen LogP contribution is 2.27. The molecule has 0 amide bonds. The summed E-state index contributed by atoms with van der Waals surface area (Å²) < 4.78 is 7.39. The normalized spacial score (nSPS) is 10.9. The fraction of sp³-hybridized carbons (Fsp3) is 0.0345. The molecule has 0 aliphatic carbocycles. The van der Waals surface area contributed by atoms with Crippen LogP contribution in [0.15, 0.2) is 89.7 Å². The van der Waals surface area contributed by atoms with Crippen molar-refractivity contribution in [2.45, 2.75) is 6.54 Å². The van der Waals surface area contributed by atoms with Crippen molar-refractivity contribution in [2.24, 2.45) is 11.5 Å². The van der Waals surface area contributed by atoms with E-state index in [9.17, 15) is 14.7 Å². The van der Waals surface area contributed by atoms with Gasteiger partial charge in [-0.2, -0.15) is 0 Å². The SMILES string of the molecule is N=C(N)c1cccc(Oc2ccc3cc(C(=O)O)c(=O)n(Cc4ccc5ccc(C(=N)N)cc5c4)c3c2)c1. The number of hydrogen-bond donors (Lipinski definition) is 5. The first-order valence-corrected chi connectivity index (χ1v) is 11.6. The van der Waals surface area contributed by atoms with E-state index in [1.807, 2.05) is 24.3 Å². The number of carboxylic acid groups (broad SMARTS) is 1. The van der Waals surface area contributed by atoms with E-state index in [0.717, 1.165) is 16.3 Å². The molecule has 0 bridgehead atoms. The highest BCUT2D eigenvalue weighted by molar-refractivity contribution is 5.99. The summed E-state index contributed by atoms with van der Waals surface area (Å²) in [4.78, 5) is 25.1. The van der Waals surface area contributed by atoms with Gasteiger partial charge in [-0.05, 0) is 64.2 Å². The molecule has 0 saturated heterocycles. The molecule has 0 spiro atoms. The van der Waals surface area contributed by atoms with Crippen LogP contribution in [0.3, 0.4) is 0 Å². The topological polar surface area (TPSA) is 168 Å². The van der Waals surface area contributed by atoms with Gasteiger partial charge in [0.25, 0.3) is 5.56 Å². The molecule has 1 heterocycles. The Kier molecular flexibility index (Phi) is 6.10. The van der Waals surface area contributed by atoms with E-state index in [4.69, 9.17) is 27.0 Å². The van der Waals surface area contributed by atoms with E-state index < -0.39 is 11.5 Å². The zero-order valence-corrected chi connectivity index (χ0v) is 20.1. The highest BCUT2D eigenvalue weighted by Gasteiger charge is 2.16. The maximum atomic E-state index is 13.3. The van der Waals surface area contributed by atoms with E-state index in [0.29, 0.717) is 33.5 Å². The standard InChI is InChI=1S/C29H23N5O4/c30-26(31)19-2-1-3-22(12-19)38-23-9-8-18-13-24(29(36)37)28(35)34(25(18)14-23)15-16-4-5-17-6-7-20(27(32)33)11-21(17)10-16/h1-14H,15H2,(H3,30,31)(H3,32,33)(H,36,37). The van der Waals surface area contributed by atoms with Gasteiger partial charge in [-0.25, -0.2) is 4.79 Å². The van der Waals surface area contributed by atoms with Crippen LogP contribution in [-0.4, -0.2) is 27.3 Å². The van der Waals surface area contributed by atoms with Crippen molar-refractivity contribution >= 4 is 39.3 Å². The summed E-state index contributed by atoms with van der Waals surface area (Å²) in [5, 5.41) is 27.4. The molecule has 9 nitrogen and oxygen atoms in total. The summed E-state index contributed by atoms with van der Waals surface area (Å²) >= 11 is 0. The Bertz CT molecular complexity index is 1840. The number of nitrogens with one attached hydrogen (secondary N) is 2. The van der Waals surface area contributed by atoms with Gasteiger partial charge in [0.1, 0.15) is 28.7 Å². The maximum Gasteiger partial charge on any atom is 0.341 e. The summed E-state index contributed by atoms with van der Waals surface area (Å²) in [6.07, 6.45) is 0. The van der Waals surface area contributed by atoms with Crippen LogP contribution in [-0.2, 0) is 6.54 Å². The fourth-order valence-electron chi connectivity index (χ4n) is 4.33. The highest BCUT2D eigenvalue weighted by atomic mass is 16.5. The summed E-state index contributed by atoms with van der Waals surface area (Å²) in [7, 11) is 0. The Morgan fingerprint density at radius 3 is 2.21 bits per heavy atom. The number of aromatic nitrogens is 1. The van der Waals surface area contributed by atoms with E-state index >= 15 is 0 Å². The summed E-state index contributed by atoms with van der Waals surface area (Å²) in [6.45, 7) is 0.111. The van der Waals surface area contributed by atoms with Crippen molar-refractivity contribution in [3.63, 3.8) is 0 Å². The molecule has 4 aromatic carbocycles. The second-order valence-electron chi connectivity index (χ2n) is 8.83. The minimum Gasteiger partial charge on any atom is -0.477 e. The maximum absolute atomic E-state index is 13.3. The van der Waals surface area contributed by atoms with Gasteiger partial charge in [0.15, 0.2) is 0 Å². The number of carboxylic acids is 1. The molecule has 0 fully saturated rings. The minimum absolute atomic E-state index is 0.0463. The number of fused-ring (bicyclic) bond motifs is 2. The van der Waals surface area contributed by atoms with Crippen LogP contribution in [0.25, 0.3) is 21.7 Å². The van der Waals surface area contributed by atoms with Crippen LogP contribution >= 0.6 is 0 Å². The Labute approximate surface area is 216 Å². The summed E-state index contributed by atoms with van der Waals surface area (Å²) in [5.41, 5.74) is 12.6. The number of nitrogen functional groups attached to an aromatic ring is 2. The third-order valence-corrected chi connectivity index (χ3v) is 6.24. The zero-order valence-electron chi connectivity index (χ0n) is 20.1. The Morgan fingerprint density at radius 2 is 1.47 bits per heavy atom. The summed E-state index contributed by atoms with van der Waals surface area (Å²) in [5.74, 6) is -0.551. The molecule has 0 radical (unpaired) electrons. The third kappa shape index (κ3) is 4.68. The van der Waals surface area contributed by atoms with Crippen molar-refractivity contribution < 1.29 is 14.6 Å². The number of nitrogens with zero attached hydrogens (tertiary/aromatic N) is 1. The molecule has 0 saturated carbocycles.